The van der Waals surface area contributed by atoms with Crippen LogP contribution in [0.15, 0.2) is 29.2 Å². The van der Waals surface area contributed by atoms with Gasteiger partial charge in [-0.05, 0) is 30.7 Å². The van der Waals surface area contributed by atoms with Crippen molar-refractivity contribution in [2.75, 3.05) is 19.4 Å². The molecule has 0 N–H and O–H groups in total. The summed E-state index contributed by atoms with van der Waals surface area (Å²) in [5.41, 5.74) is 0. The minimum atomic E-state index is -4.84. The van der Waals surface area contributed by atoms with Gasteiger partial charge < -0.3 is 9.64 Å². The van der Waals surface area contributed by atoms with E-state index >= 15 is 0 Å². The summed E-state index contributed by atoms with van der Waals surface area (Å²) in [7, 11) is -3.71. The maximum Gasteiger partial charge on any atom is 0.328 e. The number of thioether (sulfide) groups is 1. The lowest BCUT2D eigenvalue weighted by Crippen LogP contribution is -2.42. The van der Waals surface area contributed by atoms with Gasteiger partial charge >= 0.3 is 16.2 Å². The van der Waals surface area contributed by atoms with Gasteiger partial charge in [0.2, 0.25) is 5.91 Å². The lowest BCUT2D eigenvalue weighted by molar-refractivity contribution is -0.150. The second-order valence-electron chi connectivity index (χ2n) is 5.16. The first-order valence-electron chi connectivity index (χ1n) is 6.91. The van der Waals surface area contributed by atoms with Gasteiger partial charge in [0.25, 0.3) is 0 Å². The first kappa shape index (κ1) is 19.0. The Morgan fingerprint density at radius 2 is 2.00 bits per heavy atom. The summed E-state index contributed by atoms with van der Waals surface area (Å²) < 4.78 is 40.0. The lowest BCUT2D eigenvalue weighted by atomic mass is 10.2. The van der Waals surface area contributed by atoms with Gasteiger partial charge in [0.1, 0.15) is 11.3 Å². The van der Waals surface area contributed by atoms with Crippen molar-refractivity contribution in [2.24, 2.45) is 0 Å². The molecule has 0 spiro atoms. The molecule has 1 fully saturated rings. The third kappa shape index (κ3) is 4.61. The van der Waals surface area contributed by atoms with Crippen LogP contribution >= 0.6 is 23.4 Å². The minimum absolute atomic E-state index is 0.0197. The highest BCUT2D eigenvalue weighted by atomic mass is 35.5. The maximum atomic E-state index is 13.2. The average molecular weight is 396 g/mol. The number of benzene rings is 1. The summed E-state index contributed by atoms with van der Waals surface area (Å²) in [6.07, 6.45) is -0.303. The van der Waals surface area contributed by atoms with Gasteiger partial charge in [0.05, 0.1) is 12.9 Å². The monoisotopic (exact) mass is 395 g/mol. The molecule has 1 heterocycles. The topological polar surface area (TPSA) is 80.8 Å². The van der Waals surface area contributed by atoms with E-state index in [0.29, 0.717) is 5.02 Å². The summed E-state index contributed by atoms with van der Waals surface area (Å²) in [4.78, 5) is 26.0. The highest BCUT2D eigenvalue weighted by molar-refractivity contribution is 8.00. The predicted molar refractivity (Wildman–Crippen MR) is 88.1 cm³/mol. The van der Waals surface area contributed by atoms with Crippen LogP contribution < -0.4 is 0 Å². The molecular weight excluding hydrogens is 381 g/mol. The lowest BCUT2D eigenvalue weighted by Gasteiger charge is -2.22. The molecule has 6 nitrogen and oxygen atoms in total. The normalized spacial score (nSPS) is 20.9. The highest BCUT2D eigenvalue weighted by Gasteiger charge is 2.45. The molecule has 0 aliphatic carbocycles. The highest BCUT2D eigenvalue weighted by Crippen LogP contribution is 2.27. The third-order valence-electron chi connectivity index (χ3n) is 3.63. The molecule has 0 aromatic heterocycles. The summed E-state index contributed by atoms with van der Waals surface area (Å²) in [6.45, 7) is -0.362. The standard InChI is InChI=1S/C14H15ClFNO5S2/c1-22-14(19)12-6-11(24(16,20)21)7-17(12)13(18)8-23-10-4-2-9(15)3-5-10/h2-5,11-12H,6-8H2,1H3. The summed E-state index contributed by atoms with van der Waals surface area (Å²) in [6, 6.07) is 5.72. The number of methoxy groups -OCH3 is 1. The fraction of sp³-hybridized carbons (Fsp3) is 0.429. The molecule has 0 bridgehead atoms. The number of rotatable bonds is 5. The Bertz CT molecular complexity index is 725. The number of carbonyl (C=O) groups excluding carboxylic acids is 2. The van der Waals surface area contributed by atoms with Crippen LogP contribution in [0.3, 0.4) is 0 Å². The van der Waals surface area contributed by atoms with Gasteiger partial charge in [-0.25, -0.2) is 4.79 Å². The Kier molecular flexibility index (Phi) is 6.11. The van der Waals surface area contributed by atoms with E-state index < -0.39 is 33.4 Å². The molecule has 0 radical (unpaired) electrons. The fourth-order valence-corrected chi connectivity index (χ4v) is 4.06. The Hall–Kier alpha value is -1.32. The van der Waals surface area contributed by atoms with E-state index in [4.69, 9.17) is 11.6 Å². The second-order valence-corrected chi connectivity index (χ2v) is 8.26. The summed E-state index contributed by atoms with van der Waals surface area (Å²) in [5, 5.41) is -0.849. The van der Waals surface area contributed by atoms with E-state index in [2.05, 4.69) is 4.74 Å². The molecule has 1 aliphatic heterocycles. The molecule has 2 unspecified atom stereocenters. The Morgan fingerprint density at radius 3 is 2.54 bits per heavy atom. The smallest absolute Gasteiger partial charge is 0.328 e. The van der Waals surface area contributed by atoms with E-state index in [-0.39, 0.29) is 18.7 Å². The Balaban J connectivity index is 2.07. The Morgan fingerprint density at radius 1 is 1.38 bits per heavy atom. The first-order valence-corrected chi connectivity index (χ1v) is 9.72. The van der Waals surface area contributed by atoms with E-state index in [1.807, 2.05) is 0 Å². The van der Waals surface area contributed by atoms with Gasteiger partial charge in [-0.1, -0.05) is 11.6 Å². The molecule has 1 amide bonds. The van der Waals surface area contributed by atoms with Crippen molar-refractivity contribution >= 4 is 45.5 Å². The number of hydrogen-bond donors (Lipinski definition) is 0. The average Bonchev–Trinajstić information content (AvgIpc) is 2.99. The van der Waals surface area contributed by atoms with Crippen LogP contribution in [0.5, 0.6) is 0 Å². The molecule has 1 aromatic carbocycles. The number of hydrogen-bond acceptors (Lipinski definition) is 6. The summed E-state index contributed by atoms with van der Waals surface area (Å²) in [5.74, 6) is -1.24. The second kappa shape index (κ2) is 7.71. The van der Waals surface area contributed by atoms with Crippen molar-refractivity contribution in [3.8, 4) is 0 Å². The van der Waals surface area contributed by atoms with Gasteiger partial charge in [0.15, 0.2) is 0 Å². The van der Waals surface area contributed by atoms with Gasteiger partial charge in [0, 0.05) is 16.5 Å². The van der Waals surface area contributed by atoms with E-state index in [1.54, 1.807) is 24.3 Å². The molecule has 2 rings (SSSR count). The van der Waals surface area contributed by atoms with Crippen LogP contribution in [-0.4, -0.2) is 55.9 Å². The van der Waals surface area contributed by atoms with Gasteiger partial charge in [-0.15, -0.1) is 15.6 Å². The van der Waals surface area contributed by atoms with E-state index in [0.717, 1.165) is 16.9 Å². The number of amides is 1. The van der Waals surface area contributed by atoms with Crippen LogP contribution in [0.4, 0.5) is 3.89 Å². The molecule has 10 heteroatoms. The van der Waals surface area contributed by atoms with Crippen LogP contribution in [0.25, 0.3) is 0 Å². The number of esters is 1. The van der Waals surface area contributed by atoms with Crippen LogP contribution in [0.1, 0.15) is 6.42 Å². The van der Waals surface area contributed by atoms with Crippen LogP contribution in [0.2, 0.25) is 5.02 Å². The maximum absolute atomic E-state index is 13.2. The zero-order valence-corrected chi connectivity index (χ0v) is 15.0. The first-order chi connectivity index (χ1) is 11.2. The number of nitrogens with zero attached hydrogens (tertiary/aromatic N) is 1. The SMILES string of the molecule is COC(=O)C1CC(S(=O)(=O)F)CN1C(=O)CSc1ccc(Cl)cc1. The summed E-state index contributed by atoms with van der Waals surface area (Å²) >= 11 is 6.99. The van der Waals surface area contributed by atoms with Crippen molar-refractivity contribution in [3.05, 3.63) is 29.3 Å². The molecule has 0 saturated carbocycles. The molecular formula is C14H15ClFNO5S2. The Labute approximate surface area is 148 Å². The van der Waals surface area contributed by atoms with Crippen molar-refractivity contribution in [1.82, 2.24) is 4.90 Å². The van der Waals surface area contributed by atoms with Gasteiger partial charge in [-0.2, -0.15) is 8.42 Å². The zero-order valence-electron chi connectivity index (χ0n) is 12.6. The van der Waals surface area contributed by atoms with Gasteiger partial charge in [-0.3, -0.25) is 4.79 Å². The zero-order chi connectivity index (χ0) is 17.9. The minimum Gasteiger partial charge on any atom is -0.467 e. The number of halogens is 2. The van der Waals surface area contributed by atoms with E-state index in [9.17, 15) is 21.9 Å². The number of carbonyl (C=O) groups is 2. The fourth-order valence-electron chi connectivity index (χ4n) is 2.40. The van der Waals surface area contributed by atoms with Crippen molar-refractivity contribution in [1.29, 1.82) is 0 Å². The van der Waals surface area contributed by atoms with E-state index in [1.165, 1.54) is 11.8 Å². The van der Waals surface area contributed by atoms with Crippen molar-refractivity contribution in [2.45, 2.75) is 22.6 Å². The van der Waals surface area contributed by atoms with Crippen LogP contribution in [-0.2, 0) is 24.5 Å². The number of ether oxygens (including phenoxy) is 1. The molecule has 1 aliphatic rings. The molecule has 1 saturated heterocycles. The number of likely N-dealkylation sites (tertiary alicyclic amines) is 1. The predicted octanol–water partition coefficient (Wildman–Crippen LogP) is 1.87. The third-order valence-corrected chi connectivity index (χ3v) is 6.02. The largest absolute Gasteiger partial charge is 0.467 e. The van der Waals surface area contributed by atoms with Crippen molar-refractivity contribution < 1.29 is 26.6 Å². The molecule has 2 atom stereocenters. The van der Waals surface area contributed by atoms with Crippen molar-refractivity contribution in [3.63, 3.8) is 0 Å². The molecule has 132 valence electrons. The molecule has 1 aromatic rings. The quantitative estimate of drug-likeness (QED) is 0.430. The van der Waals surface area contributed by atoms with Crippen LogP contribution in [0, 0.1) is 0 Å². The molecule has 24 heavy (non-hydrogen) atoms.